The van der Waals surface area contributed by atoms with Crippen LogP contribution in [0.5, 0.6) is 0 Å². The third-order valence-electron chi connectivity index (χ3n) is 5.40. The zero-order valence-electron chi connectivity index (χ0n) is 18.0. The molecule has 1 amide bonds. The van der Waals surface area contributed by atoms with Gasteiger partial charge in [-0.05, 0) is 38.1 Å². The molecule has 0 unspecified atom stereocenters. The van der Waals surface area contributed by atoms with E-state index in [1.807, 2.05) is 25.2 Å². The summed E-state index contributed by atoms with van der Waals surface area (Å²) in [6.45, 7) is 3.62. The van der Waals surface area contributed by atoms with Crippen LogP contribution in [0.25, 0.3) is 0 Å². The first-order chi connectivity index (χ1) is 15.5. The number of anilines is 1. The minimum absolute atomic E-state index is 0.0998. The number of ether oxygens (including phenoxy) is 1. The zero-order chi connectivity index (χ0) is 22.7. The molecular formula is C25H24N2O4S. The Hall–Kier alpha value is -3.29. The molecule has 0 atom stereocenters. The number of fused-ring (bicyclic) bond motifs is 1. The second kappa shape index (κ2) is 9.46. The van der Waals surface area contributed by atoms with Crippen molar-refractivity contribution in [3.63, 3.8) is 0 Å². The fraction of sp³-hybridized carbons (Fsp3) is 0.240. The molecule has 1 aromatic heterocycles. The maximum atomic E-state index is 12.9. The minimum atomic E-state index is -0.409. The topological polar surface area (TPSA) is 75.7 Å². The quantitative estimate of drug-likeness (QED) is 0.447. The van der Waals surface area contributed by atoms with E-state index in [0.717, 1.165) is 30.0 Å². The van der Waals surface area contributed by atoms with Gasteiger partial charge in [-0.1, -0.05) is 42.5 Å². The van der Waals surface area contributed by atoms with Crippen LogP contribution in [0, 0.1) is 0 Å². The van der Waals surface area contributed by atoms with Crippen molar-refractivity contribution in [1.82, 2.24) is 4.90 Å². The van der Waals surface area contributed by atoms with Gasteiger partial charge in [0.15, 0.2) is 5.78 Å². The van der Waals surface area contributed by atoms with Gasteiger partial charge in [0, 0.05) is 34.7 Å². The van der Waals surface area contributed by atoms with Crippen molar-refractivity contribution in [2.24, 2.45) is 0 Å². The van der Waals surface area contributed by atoms with Gasteiger partial charge in [0.1, 0.15) is 5.00 Å². The van der Waals surface area contributed by atoms with Crippen molar-refractivity contribution in [3.8, 4) is 0 Å². The van der Waals surface area contributed by atoms with E-state index in [1.54, 1.807) is 43.3 Å². The van der Waals surface area contributed by atoms with Gasteiger partial charge in [0.25, 0.3) is 5.91 Å². The van der Waals surface area contributed by atoms with Gasteiger partial charge < -0.3 is 15.0 Å². The molecule has 1 aliphatic rings. The Kier molecular flexibility index (Phi) is 6.48. The Labute approximate surface area is 190 Å². The van der Waals surface area contributed by atoms with Crippen molar-refractivity contribution < 1.29 is 19.1 Å². The van der Waals surface area contributed by atoms with Crippen LogP contribution in [-0.2, 0) is 17.7 Å². The normalized spacial score (nSPS) is 13.3. The first-order valence-corrected chi connectivity index (χ1v) is 11.3. The summed E-state index contributed by atoms with van der Waals surface area (Å²) >= 11 is 1.42. The lowest BCUT2D eigenvalue weighted by Crippen LogP contribution is -2.26. The van der Waals surface area contributed by atoms with Crippen molar-refractivity contribution in [2.75, 3.05) is 25.5 Å². The minimum Gasteiger partial charge on any atom is -0.462 e. The van der Waals surface area contributed by atoms with E-state index in [9.17, 15) is 14.4 Å². The number of rotatable bonds is 6. The summed E-state index contributed by atoms with van der Waals surface area (Å²) < 4.78 is 5.26. The van der Waals surface area contributed by atoms with Crippen molar-refractivity contribution >= 4 is 34.0 Å². The number of likely N-dealkylation sites (N-methyl/N-ethyl adjacent to an activating group) is 1. The predicted octanol–water partition coefficient (Wildman–Crippen LogP) is 4.40. The summed E-state index contributed by atoms with van der Waals surface area (Å²) in [6.07, 6.45) is 0.739. The highest BCUT2D eigenvalue weighted by Gasteiger charge is 2.28. The highest BCUT2D eigenvalue weighted by molar-refractivity contribution is 7.17. The number of hydrogen-bond donors (Lipinski definition) is 1. The van der Waals surface area contributed by atoms with Crippen LogP contribution in [0.2, 0.25) is 0 Å². The summed E-state index contributed by atoms with van der Waals surface area (Å²) in [5.41, 5.74) is 2.94. The van der Waals surface area contributed by atoms with Crippen LogP contribution in [0.3, 0.4) is 0 Å². The molecule has 6 nitrogen and oxygen atoms in total. The van der Waals surface area contributed by atoms with E-state index in [0.29, 0.717) is 27.3 Å². The van der Waals surface area contributed by atoms with E-state index >= 15 is 0 Å². The lowest BCUT2D eigenvalue weighted by molar-refractivity contribution is 0.0526. The monoisotopic (exact) mass is 448 g/mol. The standard InChI is InChI=1S/C25H24N2O4S/c1-3-31-25(30)21-19-13-14-27(2)15-20(19)32-24(21)26-23(29)18-11-9-17(10-12-18)22(28)16-7-5-4-6-8-16/h4-12H,3,13-15H2,1-2H3,(H,26,29). The molecule has 0 saturated heterocycles. The number of thiophene rings is 1. The predicted molar refractivity (Wildman–Crippen MR) is 125 cm³/mol. The Morgan fingerprint density at radius 3 is 2.34 bits per heavy atom. The van der Waals surface area contributed by atoms with Gasteiger partial charge in [-0.3, -0.25) is 9.59 Å². The molecule has 164 valence electrons. The summed E-state index contributed by atoms with van der Waals surface area (Å²) in [4.78, 5) is 41.4. The highest BCUT2D eigenvalue weighted by atomic mass is 32.1. The van der Waals surface area contributed by atoms with Crippen molar-refractivity contribution in [3.05, 3.63) is 87.3 Å². The molecule has 0 bridgehead atoms. The summed E-state index contributed by atoms with van der Waals surface area (Å²) in [7, 11) is 2.03. The summed E-state index contributed by atoms with van der Waals surface area (Å²) in [6, 6.07) is 15.5. The van der Waals surface area contributed by atoms with E-state index in [1.165, 1.54) is 11.3 Å². The molecule has 2 heterocycles. The maximum Gasteiger partial charge on any atom is 0.341 e. The number of nitrogens with zero attached hydrogens (tertiary/aromatic N) is 1. The van der Waals surface area contributed by atoms with Crippen LogP contribution < -0.4 is 5.32 Å². The SMILES string of the molecule is CCOC(=O)c1c(NC(=O)c2ccc(C(=O)c3ccccc3)cc2)sc2c1CCN(C)C2. The van der Waals surface area contributed by atoms with Crippen molar-refractivity contribution in [1.29, 1.82) is 0 Å². The molecule has 0 spiro atoms. The van der Waals surface area contributed by atoms with Crippen molar-refractivity contribution in [2.45, 2.75) is 19.9 Å². The second-order valence-corrected chi connectivity index (χ2v) is 8.75. The lowest BCUT2D eigenvalue weighted by atomic mass is 10.0. The summed E-state index contributed by atoms with van der Waals surface area (Å²) in [5, 5.41) is 3.41. The van der Waals surface area contributed by atoms with E-state index in [2.05, 4.69) is 10.2 Å². The molecular weight excluding hydrogens is 424 g/mol. The summed E-state index contributed by atoms with van der Waals surface area (Å²) in [5.74, 6) is -0.841. The molecule has 0 saturated carbocycles. The second-order valence-electron chi connectivity index (χ2n) is 7.64. The number of esters is 1. The number of amides is 1. The first kappa shape index (κ1) is 21.9. The first-order valence-electron chi connectivity index (χ1n) is 10.5. The number of ketones is 1. The highest BCUT2D eigenvalue weighted by Crippen LogP contribution is 2.37. The van der Waals surface area contributed by atoms with E-state index in [4.69, 9.17) is 4.74 Å². The van der Waals surface area contributed by atoms with Gasteiger partial charge >= 0.3 is 5.97 Å². The van der Waals surface area contributed by atoms with E-state index in [-0.39, 0.29) is 18.3 Å². The maximum absolute atomic E-state index is 12.9. The molecule has 1 aliphatic heterocycles. The number of nitrogens with one attached hydrogen (secondary N) is 1. The fourth-order valence-corrected chi connectivity index (χ4v) is 5.05. The zero-order valence-corrected chi connectivity index (χ0v) is 18.8. The number of benzene rings is 2. The molecule has 0 fully saturated rings. The van der Waals surface area contributed by atoms with Gasteiger partial charge in [-0.15, -0.1) is 11.3 Å². The number of carbonyl (C=O) groups excluding carboxylic acids is 3. The smallest absolute Gasteiger partial charge is 0.341 e. The van der Waals surface area contributed by atoms with Crippen LogP contribution >= 0.6 is 11.3 Å². The molecule has 0 aliphatic carbocycles. The molecule has 0 radical (unpaired) electrons. The average Bonchev–Trinajstić information content (AvgIpc) is 3.16. The molecule has 1 N–H and O–H groups in total. The largest absolute Gasteiger partial charge is 0.462 e. The molecule has 3 aromatic rings. The Morgan fingerprint density at radius 1 is 1.00 bits per heavy atom. The number of hydrogen-bond acceptors (Lipinski definition) is 6. The molecule has 4 rings (SSSR count). The number of carbonyl (C=O) groups is 3. The average molecular weight is 449 g/mol. The Bertz CT molecular complexity index is 1150. The van der Waals surface area contributed by atoms with Crippen LogP contribution in [-0.4, -0.2) is 42.8 Å². The molecule has 2 aromatic carbocycles. The third-order valence-corrected chi connectivity index (χ3v) is 6.53. The third kappa shape index (κ3) is 4.49. The Morgan fingerprint density at radius 2 is 1.66 bits per heavy atom. The van der Waals surface area contributed by atoms with Crippen LogP contribution in [0.1, 0.15) is 54.0 Å². The van der Waals surface area contributed by atoms with Gasteiger partial charge in [-0.25, -0.2) is 4.79 Å². The van der Waals surface area contributed by atoms with Crippen LogP contribution in [0.15, 0.2) is 54.6 Å². The van der Waals surface area contributed by atoms with Gasteiger partial charge in [-0.2, -0.15) is 0 Å². The van der Waals surface area contributed by atoms with E-state index < -0.39 is 5.97 Å². The van der Waals surface area contributed by atoms with Gasteiger partial charge in [0.2, 0.25) is 0 Å². The molecule has 32 heavy (non-hydrogen) atoms. The molecule has 7 heteroatoms. The lowest BCUT2D eigenvalue weighted by Gasteiger charge is -2.22. The van der Waals surface area contributed by atoms with Gasteiger partial charge in [0.05, 0.1) is 12.2 Å². The fourth-order valence-electron chi connectivity index (χ4n) is 3.74. The Balaban J connectivity index is 1.56. The van der Waals surface area contributed by atoms with Crippen LogP contribution in [0.4, 0.5) is 5.00 Å².